The Morgan fingerprint density at radius 2 is 2.13 bits per heavy atom. The average Bonchev–Trinajstić information content (AvgIpc) is 1.99. The molecule has 1 amide bonds. The number of rotatable bonds is 3. The standard InChI is InChI=1S/C9H18N2O3S/c1-7-3-8(5-10-4-7)11-9(12)6-15(2,13)14/h7-8,10H,3-6H2,1-2H3,(H,11,12). The van der Waals surface area contributed by atoms with Crippen LogP contribution in [0.3, 0.4) is 0 Å². The van der Waals surface area contributed by atoms with Gasteiger partial charge in [-0.25, -0.2) is 8.42 Å². The Morgan fingerprint density at radius 3 is 2.67 bits per heavy atom. The second-order valence-corrected chi connectivity index (χ2v) is 6.47. The minimum atomic E-state index is -3.22. The van der Waals surface area contributed by atoms with E-state index in [1.807, 2.05) is 0 Å². The van der Waals surface area contributed by atoms with Gasteiger partial charge in [0.05, 0.1) is 0 Å². The number of hydrogen-bond donors (Lipinski definition) is 2. The largest absolute Gasteiger partial charge is 0.351 e. The lowest BCUT2D eigenvalue weighted by atomic mass is 9.98. The van der Waals surface area contributed by atoms with E-state index in [0.29, 0.717) is 5.92 Å². The number of carbonyl (C=O) groups excluding carboxylic acids is 1. The fourth-order valence-corrected chi connectivity index (χ4v) is 2.33. The minimum Gasteiger partial charge on any atom is -0.351 e. The van der Waals surface area contributed by atoms with Gasteiger partial charge < -0.3 is 10.6 Å². The van der Waals surface area contributed by atoms with Crippen LogP contribution in [0.4, 0.5) is 0 Å². The van der Waals surface area contributed by atoms with E-state index in [0.717, 1.165) is 25.8 Å². The highest BCUT2D eigenvalue weighted by molar-refractivity contribution is 7.91. The Bertz CT molecular complexity index is 326. The van der Waals surface area contributed by atoms with Gasteiger partial charge in [-0.15, -0.1) is 0 Å². The van der Waals surface area contributed by atoms with Crippen LogP contribution in [0.15, 0.2) is 0 Å². The van der Waals surface area contributed by atoms with Gasteiger partial charge in [0.25, 0.3) is 0 Å². The number of nitrogens with one attached hydrogen (secondary N) is 2. The molecule has 0 aromatic carbocycles. The van der Waals surface area contributed by atoms with Crippen molar-refractivity contribution in [2.75, 3.05) is 25.1 Å². The van der Waals surface area contributed by atoms with Crippen molar-refractivity contribution in [2.24, 2.45) is 5.92 Å². The molecule has 0 bridgehead atoms. The second-order valence-electron chi connectivity index (χ2n) is 4.33. The van der Waals surface area contributed by atoms with Gasteiger partial charge in [-0.3, -0.25) is 4.79 Å². The van der Waals surface area contributed by atoms with Gasteiger partial charge in [-0.05, 0) is 18.9 Å². The molecular formula is C9H18N2O3S. The molecule has 0 radical (unpaired) electrons. The van der Waals surface area contributed by atoms with Crippen LogP contribution in [-0.4, -0.2) is 45.5 Å². The zero-order valence-electron chi connectivity index (χ0n) is 9.12. The molecule has 2 N–H and O–H groups in total. The highest BCUT2D eigenvalue weighted by Gasteiger charge is 2.21. The van der Waals surface area contributed by atoms with Crippen LogP contribution >= 0.6 is 0 Å². The highest BCUT2D eigenvalue weighted by atomic mass is 32.2. The SMILES string of the molecule is CC1CNCC(NC(=O)CS(C)(=O)=O)C1. The quantitative estimate of drug-likeness (QED) is 0.666. The summed E-state index contributed by atoms with van der Waals surface area (Å²) in [7, 11) is -3.22. The van der Waals surface area contributed by atoms with Crippen LogP contribution in [-0.2, 0) is 14.6 Å². The average molecular weight is 234 g/mol. The van der Waals surface area contributed by atoms with Gasteiger partial charge in [0.15, 0.2) is 9.84 Å². The molecule has 1 heterocycles. The second kappa shape index (κ2) is 4.94. The Morgan fingerprint density at radius 1 is 1.47 bits per heavy atom. The number of hydrogen-bond acceptors (Lipinski definition) is 4. The lowest BCUT2D eigenvalue weighted by molar-refractivity contribution is -0.119. The summed E-state index contributed by atoms with van der Waals surface area (Å²) in [6.07, 6.45) is 1.97. The summed E-state index contributed by atoms with van der Waals surface area (Å²) in [6, 6.07) is 0.0583. The molecule has 1 aliphatic rings. The maximum atomic E-state index is 11.3. The molecule has 0 aromatic heterocycles. The van der Waals surface area contributed by atoms with E-state index < -0.39 is 21.5 Å². The predicted molar refractivity (Wildman–Crippen MR) is 58.3 cm³/mol. The summed E-state index contributed by atoms with van der Waals surface area (Å²) in [5.74, 6) is -0.307. The molecule has 0 saturated carbocycles. The first kappa shape index (κ1) is 12.4. The molecule has 0 aliphatic carbocycles. The van der Waals surface area contributed by atoms with Crippen molar-refractivity contribution in [2.45, 2.75) is 19.4 Å². The lowest BCUT2D eigenvalue weighted by Gasteiger charge is -2.28. The summed E-state index contributed by atoms with van der Waals surface area (Å²) in [5.41, 5.74) is 0. The molecule has 1 saturated heterocycles. The van der Waals surface area contributed by atoms with E-state index in [4.69, 9.17) is 0 Å². The molecule has 6 heteroatoms. The molecule has 0 spiro atoms. The fraction of sp³-hybridized carbons (Fsp3) is 0.889. The maximum absolute atomic E-state index is 11.3. The van der Waals surface area contributed by atoms with E-state index in [-0.39, 0.29) is 6.04 Å². The van der Waals surface area contributed by atoms with Crippen LogP contribution < -0.4 is 10.6 Å². The van der Waals surface area contributed by atoms with Crippen molar-refractivity contribution in [1.82, 2.24) is 10.6 Å². The lowest BCUT2D eigenvalue weighted by Crippen LogP contribution is -2.49. The Kier molecular flexibility index (Phi) is 4.10. The Hall–Kier alpha value is -0.620. The minimum absolute atomic E-state index is 0.0583. The van der Waals surface area contributed by atoms with E-state index in [1.165, 1.54) is 0 Å². The first-order chi connectivity index (χ1) is 6.87. The summed E-state index contributed by atoms with van der Waals surface area (Å²) in [4.78, 5) is 11.3. The first-order valence-corrected chi connectivity index (χ1v) is 7.10. The Balaban J connectivity index is 2.38. The monoisotopic (exact) mass is 234 g/mol. The molecule has 5 nitrogen and oxygen atoms in total. The van der Waals surface area contributed by atoms with Crippen LogP contribution in [0.1, 0.15) is 13.3 Å². The number of piperidine rings is 1. The summed E-state index contributed by atoms with van der Waals surface area (Å²) >= 11 is 0. The molecule has 2 unspecified atom stereocenters. The van der Waals surface area contributed by atoms with Crippen LogP contribution in [0.25, 0.3) is 0 Å². The van der Waals surface area contributed by atoms with Crippen LogP contribution in [0.5, 0.6) is 0 Å². The zero-order valence-corrected chi connectivity index (χ0v) is 9.93. The first-order valence-electron chi connectivity index (χ1n) is 5.04. The molecule has 2 atom stereocenters. The van der Waals surface area contributed by atoms with E-state index in [2.05, 4.69) is 17.6 Å². The van der Waals surface area contributed by atoms with Gasteiger partial charge in [0.1, 0.15) is 5.75 Å². The Labute approximate surface area is 90.5 Å². The van der Waals surface area contributed by atoms with E-state index >= 15 is 0 Å². The summed E-state index contributed by atoms with van der Waals surface area (Å²) in [6.45, 7) is 3.78. The van der Waals surface area contributed by atoms with Crippen LogP contribution in [0, 0.1) is 5.92 Å². The number of amides is 1. The molecule has 0 aromatic rings. The highest BCUT2D eigenvalue weighted by Crippen LogP contribution is 2.09. The van der Waals surface area contributed by atoms with Gasteiger partial charge in [-0.2, -0.15) is 0 Å². The summed E-state index contributed by atoms with van der Waals surface area (Å²) in [5, 5.41) is 5.91. The van der Waals surface area contributed by atoms with Crippen molar-refractivity contribution in [3.63, 3.8) is 0 Å². The van der Waals surface area contributed by atoms with Crippen molar-refractivity contribution < 1.29 is 13.2 Å². The third-order valence-electron chi connectivity index (χ3n) is 2.33. The molecule has 15 heavy (non-hydrogen) atoms. The van der Waals surface area contributed by atoms with E-state index in [1.54, 1.807) is 0 Å². The molecular weight excluding hydrogens is 216 g/mol. The van der Waals surface area contributed by atoms with Gasteiger partial charge in [0.2, 0.25) is 5.91 Å². The van der Waals surface area contributed by atoms with Gasteiger partial charge in [-0.1, -0.05) is 6.92 Å². The topological polar surface area (TPSA) is 75.3 Å². The number of sulfone groups is 1. The zero-order chi connectivity index (χ0) is 11.5. The third-order valence-corrected chi connectivity index (χ3v) is 3.12. The van der Waals surface area contributed by atoms with E-state index in [9.17, 15) is 13.2 Å². The van der Waals surface area contributed by atoms with Gasteiger partial charge in [0, 0.05) is 18.8 Å². The van der Waals surface area contributed by atoms with Crippen LogP contribution in [0.2, 0.25) is 0 Å². The molecule has 88 valence electrons. The summed E-state index contributed by atoms with van der Waals surface area (Å²) < 4.78 is 21.7. The third kappa shape index (κ3) is 5.13. The maximum Gasteiger partial charge on any atom is 0.235 e. The van der Waals surface area contributed by atoms with Crippen molar-refractivity contribution in [1.29, 1.82) is 0 Å². The normalized spacial score (nSPS) is 27.3. The van der Waals surface area contributed by atoms with Crippen molar-refractivity contribution in [3.05, 3.63) is 0 Å². The molecule has 1 aliphatic heterocycles. The predicted octanol–water partition coefficient (Wildman–Crippen LogP) is -0.855. The number of carbonyl (C=O) groups is 1. The smallest absolute Gasteiger partial charge is 0.235 e. The van der Waals surface area contributed by atoms with Crippen molar-refractivity contribution in [3.8, 4) is 0 Å². The van der Waals surface area contributed by atoms with Gasteiger partial charge >= 0.3 is 0 Å². The molecule has 1 rings (SSSR count). The fourth-order valence-electron chi connectivity index (χ4n) is 1.77. The van der Waals surface area contributed by atoms with Crippen molar-refractivity contribution >= 4 is 15.7 Å². The molecule has 1 fully saturated rings.